The number of nitrogens with one attached hydrogen (secondary N) is 3. The molecule has 3 N–H and O–H groups in total. The molecule has 0 fully saturated rings. The van der Waals surface area contributed by atoms with Gasteiger partial charge in [0.25, 0.3) is 0 Å². The van der Waals surface area contributed by atoms with Crippen LogP contribution < -0.4 is 15.4 Å². The van der Waals surface area contributed by atoms with E-state index in [1.54, 1.807) is 6.92 Å². The molecule has 0 aliphatic heterocycles. The molecular weight excluding hydrogens is 355 g/mol. The molecule has 0 spiro atoms. The highest BCUT2D eigenvalue weighted by Crippen LogP contribution is 1.81. The van der Waals surface area contributed by atoms with Crippen LogP contribution in [0.5, 0.6) is 0 Å². The van der Waals surface area contributed by atoms with Crippen molar-refractivity contribution < 1.29 is 8.42 Å². The van der Waals surface area contributed by atoms with Crippen LogP contribution in [0.25, 0.3) is 0 Å². The topological polar surface area (TPSA) is 82.6 Å². The minimum Gasteiger partial charge on any atom is -0.357 e. The fourth-order valence-electron chi connectivity index (χ4n) is 0.980. The number of rotatable bonds is 7. The first-order chi connectivity index (χ1) is 7.55. The number of hydrogen-bond acceptors (Lipinski definition) is 3. The maximum atomic E-state index is 11.1. The van der Waals surface area contributed by atoms with Crippen LogP contribution >= 0.6 is 24.0 Å². The fourth-order valence-corrected chi connectivity index (χ4v) is 1.59. The first kappa shape index (κ1) is 19.3. The van der Waals surface area contributed by atoms with E-state index >= 15 is 0 Å². The first-order valence-electron chi connectivity index (χ1n) is 5.55. The fraction of sp³-hybridized carbons (Fsp3) is 0.889. The van der Waals surface area contributed by atoms with Gasteiger partial charge in [-0.2, -0.15) is 0 Å². The number of nitrogens with zero attached hydrogens (tertiary/aromatic N) is 1. The van der Waals surface area contributed by atoms with E-state index in [9.17, 15) is 8.42 Å². The Morgan fingerprint density at radius 3 is 2.06 bits per heavy atom. The molecule has 6 nitrogen and oxygen atoms in total. The quantitative estimate of drug-likeness (QED) is 0.254. The van der Waals surface area contributed by atoms with Crippen molar-refractivity contribution >= 4 is 40.0 Å². The molecule has 0 aromatic heterocycles. The van der Waals surface area contributed by atoms with Gasteiger partial charge in [0.2, 0.25) is 10.0 Å². The summed E-state index contributed by atoms with van der Waals surface area (Å²) in [5.41, 5.74) is 0. The predicted octanol–water partition coefficient (Wildman–Crippen LogP) is 0.119. The van der Waals surface area contributed by atoms with Crippen LogP contribution in [0.4, 0.5) is 0 Å². The summed E-state index contributed by atoms with van der Waals surface area (Å²) < 4.78 is 24.7. The number of sulfonamides is 1. The van der Waals surface area contributed by atoms with Crippen LogP contribution in [0.15, 0.2) is 4.99 Å². The Morgan fingerprint density at radius 2 is 1.65 bits per heavy atom. The zero-order chi connectivity index (χ0) is 12.4. The third kappa shape index (κ3) is 10.8. The zero-order valence-corrected chi connectivity index (χ0v) is 13.8. The summed E-state index contributed by atoms with van der Waals surface area (Å²) in [4.78, 5) is 4.21. The number of guanidine groups is 1. The van der Waals surface area contributed by atoms with E-state index in [-0.39, 0.29) is 29.7 Å². The second kappa shape index (κ2) is 11.0. The summed E-state index contributed by atoms with van der Waals surface area (Å²) in [6.07, 6.45) is 0. The Balaban J connectivity index is 0. The van der Waals surface area contributed by atoms with Gasteiger partial charge in [0.15, 0.2) is 5.96 Å². The van der Waals surface area contributed by atoms with Gasteiger partial charge in [-0.05, 0) is 20.8 Å². The van der Waals surface area contributed by atoms with Crippen molar-refractivity contribution in [1.29, 1.82) is 0 Å². The molecule has 8 heteroatoms. The summed E-state index contributed by atoms with van der Waals surface area (Å²) >= 11 is 0. The van der Waals surface area contributed by atoms with E-state index in [0.29, 0.717) is 19.0 Å². The maximum Gasteiger partial charge on any atom is 0.211 e. The second-order valence-electron chi connectivity index (χ2n) is 3.09. The van der Waals surface area contributed by atoms with E-state index in [2.05, 4.69) is 20.3 Å². The molecule has 0 unspecified atom stereocenters. The van der Waals surface area contributed by atoms with Gasteiger partial charge in [-0.25, -0.2) is 13.1 Å². The molecule has 0 amide bonds. The Morgan fingerprint density at radius 1 is 1.12 bits per heavy atom. The standard InChI is InChI=1S/C9H22N4O2S.HI/c1-4-10-9(11-5-2)12-7-8-13-16(14,15)6-3;/h13H,4-8H2,1-3H3,(H2,10,11,12);1H. The van der Waals surface area contributed by atoms with Crippen LogP contribution in [-0.4, -0.2) is 46.3 Å². The smallest absolute Gasteiger partial charge is 0.211 e. The van der Waals surface area contributed by atoms with E-state index in [4.69, 9.17) is 0 Å². The lowest BCUT2D eigenvalue weighted by Crippen LogP contribution is -2.38. The van der Waals surface area contributed by atoms with Crippen LogP contribution in [0.2, 0.25) is 0 Å². The summed E-state index contributed by atoms with van der Waals surface area (Å²) in [6.45, 7) is 7.89. The Kier molecular flexibility index (Phi) is 12.5. The minimum absolute atomic E-state index is 0. The highest BCUT2D eigenvalue weighted by atomic mass is 127. The van der Waals surface area contributed by atoms with Crippen molar-refractivity contribution in [3.8, 4) is 0 Å². The van der Waals surface area contributed by atoms with Gasteiger partial charge in [-0.3, -0.25) is 4.99 Å². The molecule has 0 aliphatic carbocycles. The maximum absolute atomic E-state index is 11.1. The zero-order valence-electron chi connectivity index (χ0n) is 10.6. The summed E-state index contributed by atoms with van der Waals surface area (Å²) in [6, 6.07) is 0. The third-order valence-electron chi connectivity index (χ3n) is 1.77. The van der Waals surface area contributed by atoms with Crippen LogP contribution in [0.1, 0.15) is 20.8 Å². The van der Waals surface area contributed by atoms with E-state index in [1.165, 1.54) is 0 Å². The van der Waals surface area contributed by atoms with Gasteiger partial charge in [0, 0.05) is 19.6 Å². The third-order valence-corrected chi connectivity index (χ3v) is 3.18. The minimum atomic E-state index is -3.10. The molecule has 0 aromatic rings. The lowest BCUT2D eigenvalue weighted by molar-refractivity contribution is 0.583. The SMILES string of the molecule is CCNC(=NCCNS(=O)(=O)CC)NCC.I. The molecule has 0 bridgehead atoms. The Hall–Kier alpha value is -0.0900. The lowest BCUT2D eigenvalue weighted by Gasteiger charge is -2.09. The monoisotopic (exact) mass is 378 g/mol. The van der Waals surface area contributed by atoms with Crippen molar-refractivity contribution in [3.05, 3.63) is 0 Å². The average Bonchev–Trinajstić information content (AvgIpc) is 2.25. The van der Waals surface area contributed by atoms with Crippen molar-refractivity contribution in [3.63, 3.8) is 0 Å². The molecule has 0 radical (unpaired) electrons. The Bertz CT molecular complexity index is 298. The van der Waals surface area contributed by atoms with E-state index in [1.807, 2.05) is 13.8 Å². The average molecular weight is 378 g/mol. The van der Waals surface area contributed by atoms with Gasteiger partial charge < -0.3 is 10.6 Å². The molecule has 0 atom stereocenters. The Labute approximate surface area is 121 Å². The van der Waals surface area contributed by atoms with Crippen molar-refractivity contribution in [2.75, 3.05) is 31.9 Å². The highest BCUT2D eigenvalue weighted by molar-refractivity contribution is 14.0. The number of halogens is 1. The van der Waals surface area contributed by atoms with Crippen molar-refractivity contribution in [2.24, 2.45) is 4.99 Å². The van der Waals surface area contributed by atoms with Crippen molar-refractivity contribution in [2.45, 2.75) is 20.8 Å². The van der Waals surface area contributed by atoms with E-state index < -0.39 is 10.0 Å². The van der Waals surface area contributed by atoms with Gasteiger partial charge >= 0.3 is 0 Å². The molecule has 0 rings (SSSR count). The molecule has 0 saturated carbocycles. The van der Waals surface area contributed by atoms with Crippen molar-refractivity contribution in [1.82, 2.24) is 15.4 Å². The van der Waals surface area contributed by atoms with Crippen LogP contribution in [0, 0.1) is 0 Å². The van der Waals surface area contributed by atoms with Crippen LogP contribution in [-0.2, 0) is 10.0 Å². The number of aliphatic imine (C=N–C) groups is 1. The molecule has 0 aromatic carbocycles. The van der Waals surface area contributed by atoms with Gasteiger partial charge in [0.05, 0.1) is 12.3 Å². The molecule has 0 saturated heterocycles. The summed E-state index contributed by atoms with van der Waals surface area (Å²) in [5.74, 6) is 0.810. The van der Waals surface area contributed by atoms with E-state index in [0.717, 1.165) is 13.1 Å². The lowest BCUT2D eigenvalue weighted by atomic mass is 10.6. The molecule has 0 aliphatic rings. The second-order valence-corrected chi connectivity index (χ2v) is 5.18. The normalized spacial score (nSPS) is 10.3. The summed E-state index contributed by atoms with van der Waals surface area (Å²) in [7, 11) is -3.10. The summed E-state index contributed by atoms with van der Waals surface area (Å²) in [5, 5.41) is 6.11. The molecule has 0 heterocycles. The molecule has 104 valence electrons. The first-order valence-corrected chi connectivity index (χ1v) is 7.20. The largest absolute Gasteiger partial charge is 0.357 e. The number of hydrogen-bond donors (Lipinski definition) is 3. The molecular formula is C9H23IN4O2S. The van der Waals surface area contributed by atoms with Gasteiger partial charge in [-0.1, -0.05) is 0 Å². The molecule has 17 heavy (non-hydrogen) atoms. The van der Waals surface area contributed by atoms with Gasteiger partial charge in [-0.15, -0.1) is 24.0 Å². The predicted molar refractivity (Wildman–Crippen MR) is 82.5 cm³/mol. The van der Waals surface area contributed by atoms with Crippen LogP contribution in [0.3, 0.4) is 0 Å². The van der Waals surface area contributed by atoms with Gasteiger partial charge in [0.1, 0.15) is 0 Å². The highest BCUT2D eigenvalue weighted by Gasteiger charge is 2.03.